The largest absolute Gasteiger partial charge is 0.388 e. The van der Waals surface area contributed by atoms with E-state index in [0.717, 1.165) is 25.7 Å². The number of nitroso groups, excluding NO2 is 1. The van der Waals surface area contributed by atoms with Crippen LogP contribution < -0.4 is 0 Å². The molecule has 25 heavy (non-hydrogen) atoms. The van der Waals surface area contributed by atoms with Crippen molar-refractivity contribution >= 4 is 5.69 Å². The van der Waals surface area contributed by atoms with Crippen molar-refractivity contribution in [2.75, 3.05) is 0 Å². The minimum Gasteiger partial charge on any atom is -0.388 e. The molecule has 0 saturated heterocycles. The van der Waals surface area contributed by atoms with Crippen LogP contribution in [0.3, 0.4) is 0 Å². The van der Waals surface area contributed by atoms with Crippen LogP contribution >= 0.6 is 0 Å². The maximum Gasteiger partial charge on any atom is 0.108 e. The number of allylic oxidation sites excluding steroid dienone is 1. The summed E-state index contributed by atoms with van der Waals surface area (Å²) in [6.45, 7) is 6.71. The van der Waals surface area contributed by atoms with Crippen LogP contribution in [0, 0.1) is 28.1 Å². The zero-order chi connectivity index (χ0) is 17.8. The van der Waals surface area contributed by atoms with Gasteiger partial charge < -0.3 is 5.11 Å². The number of hydrogen-bond donors (Lipinski definition) is 1. The molecule has 3 heteroatoms. The molecule has 1 aromatic carbocycles. The van der Waals surface area contributed by atoms with Gasteiger partial charge in [0.1, 0.15) is 5.69 Å². The van der Waals surface area contributed by atoms with Gasteiger partial charge in [-0.05, 0) is 89.8 Å². The van der Waals surface area contributed by atoms with Crippen LogP contribution in [0.1, 0.15) is 63.5 Å². The molecule has 0 radical (unpaired) electrons. The highest BCUT2D eigenvalue weighted by molar-refractivity contribution is 5.47. The molecule has 2 fully saturated rings. The molecule has 4 rings (SSSR count). The molecule has 0 heterocycles. The average Bonchev–Trinajstić information content (AvgIpc) is 2.85. The van der Waals surface area contributed by atoms with Crippen molar-refractivity contribution in [3.05, 3.63) is 45.9 Å². The lowest BCUT2D eigenvalue weighted by atomic mass is 9.55. The molecular formula is C22H29NO2. The molecule has 1 N–H and O–H groups in total. The number of aryl methyl sites for hydroxylation is 1. The first-order valence-corrected chi connectivity index (χ1v) is 9.79. The molecule has 3 unspecified atom stereocenters. The second-order valence-corrected chi connectivity index (χ2v) is 9.03. The lowest BCUT2D eigenvalue weighted by Crippen LogP contribution is -2.44. The number of hydrogen-bond acceptors (Lipinski definition) is 3. The van der Waals surface area contributed by atoms with Gasteiger partial charge in [0.25, 0.3) is 0 Å². The van der Waals surface area contributed by atoms with Gasteiger partial charge >= 0.3 is 0 Å². The van der Waals surface area contributed by atoms with E-state index in [4.69, 9.17) is 0 Å². The zero-order valence-corrected chi connectivity index (χ0v) is 15.5. The quantitative estimate of drug-likeness (QED) is 0.572. The van der Waals surface area contributed by atoms with E-state index in [1.165, 1.54) is 23.1 Å². The van der Waals surface area contributed by atoms with Crippen molar-refractivity contribution in [2.45, 2.75) is 64.9 Å². The molecule has 1 aromatic rings. The third kappa shape index (κ3) is 2.59. The van der Waals surface area contributed by atoms with E-state index >= 15 is 0 Å². The van der Waals surface area contributed by atoms with Crippen LogP contribution in [0.5, 0.6) is 0 Å². The smallest absolute Gasteiger partial charge is 0.108 e. The highest BCUT2D eigenvalue weighted by Gasteiger charge is 2.56. The fourth-order valence-electron chi connectivity index (χ4n) is 6.07. The normalized spacial score (nSPS) is 38.4. The summed E-state index contributed by atoms with van der Waals surface area (Å²) in [5.41, 5.74) is 4.61. The van der Waals surface area contributed by atoms with Crippen LogP contribution in [0.15, 0.2) is 35.0 Å². The Balaban J connectivity index is 1.68. The van der Waals surface area contributed by atoms with Gasteiger partial charge in [-0.3, -0.25) is 0 Å². The maximum absolute atomic E-state index is 11.0. The minimum atomic E-state index is -0.274. The molecular weight excluding hydrogens is 310 g/mol. The lowest BCUT2D eigenvalue weighted by molar-refractivity contribution is -0.0160. The molecule has 2 saturated carbocycles. The number of benzene rings is 1. The standard InChI is InChI=1S/C22H29NO2/c1-13(2)10-15-12-20-19-6-4-14-11-16(23-25)5-7-17(14)18(19)8-9-22(20,3)21(15)24/h5,7,10-11,13,18-21,24H,4,6,8-9,12H2,1-3H3/b15-10+/t18?,19?,20?,21-,22-/m0/s1. The molecule has 0 aromatic heterocycles. The van der Waals surface area contributed by atoms with E-state index in [1.807, 2.05) is 12.1 Å². The number of fused-ring (bicyclic) bond motifs is 5. The number of rotatable bonds is 2. The molecule has 5 atom stereocenters. The maximum atomic E-state index is 11.0. The van der Waals surface area contributed by atoms with Gasteiger partial charge in [0.15, 0.2) is 0 Å². The monoisotopic (exact) mass is 339 g/mol. The molecule has 3 aliphatic carbocycles. The Bertz CT molecular complexity index is 723. The minimum absolute atomic E-state index is 0.0314. The molecule has 3 aliphatic rings. The van der Waals surface area contributed by atoms with Crippen LogP contribution in [0.2, 0.25) is 0 Å². The van der Waals surface area contributed by atoms with Gasteiger partial charge in [-0.2, -0.15) is 0 Å². The first-order valence-electron chi connectivity index (χ1n) is 9.79. The van der Waals surface area contributed by atoms with Gasteiger partial charge in [0, 0.05) is 5.41 Å². The average molecular weight is 339 g/mol. The fourth-order valence-corrected chi connectivity index (χ4v) is 6.07. The molecule has 0 spiro atoms. The third-order valence-corrected chi connectivity index (χ3v) is 7.23. The van der Waals surface area contributed by atoms with Crippen LogP contribution in [0.25, 0.3) is 0 Å². The number of aliphatic hydroxyl groups excluding tert-OH is 1. The van der Waals surface area contributed by atoms with Gasteiger partial charge in [-0.15, -0.1) is 4.91 Å². The fraction of sp³-hybridized carbons (Fsp3) is 0.636. The van der Waals surface area contributed by atoms with E-state index in [-0.39, 0.29) is 11.5 Å². The van der Waals surface area contributed by atoms with E-state index in [2.05, 4.69) is 38.1 Å². The number of aliphatic hydroxyl groups is 1. The van der Waals surface area contributed by atoms with Crippen molar-refractivity contribution in [2.24, 2.45) is 28.3 Å². The Morgan fingerprint density at radius 1 is 1.32 bits per heavy atom. The Labute approximate surface area is 150 Å². The highest BCUT2D eigenvalue weighted by Crippen LogP contribution is 2.62. The summed E-state index contributed by atoms with van der Waals surface area (Å²) < 4.78 is 0. The summed E-state index contributed by atoms with van der Waals surface area (Å²) in [5.74, 6) is 2.29. The zero-order valence-electron chi connectivity index (χ0n) is 15.5. The predicted octanol–water partition coefficient (Wildman–Crippen LogP) is 5.49. The summed E-state index contributed by atoms with van der Waals surface area (Å²) in [7, 11) is 0. The summed E-state index contributed by atoms with van der Waals surface area (Å²) in [5, 5.41) is 14.1. The lowest BCUT2D eigenvalue weighted by Gasteiger charge is -2.49. The molecule has 0 aliphatic heterocycles. The molecule has 0 bridgehead atoms. The van der Waals surface area contributed by atoms with Gasteiger partial charge in [0.2, 0.25) is 0 Å². The van der Waals surface area contributed by atoms with Crippen LogP contribution in [0.4, 0.5) is 5.69 Å². The molecule has 3 nitrogen and oxygen atoms in total. The summed E-state index contributed by atoms with van der Waals surface area (Å²) in [6.07, 6.45) is 7.51. The summed E-state index contributed by atoms with van der Waals surface area (Å²) in [6, 6.07) is 6.00. The van der Waals surface area contributed by atoms with Gasteiger partial charge in [-0.25, -0.2) is 0 Å². The first-order chi connectivity index (χ1) is 11.9. The summed E-state index contributed by atoms with van der Waals surface area (Å²) in [4.78, 5) is 10.8. The van der Waals surface area contributed by atoms with E-state index in [9.17, 15) is 10.0 Å². The van der Waals surface area contributed by atoms with Gasteiger partial charge in [-0.1, -0.05) is 32.9 Å². The Morgan fingerprint density at radius 3 is 2.84 bits per heavy atom. The van der Waals surface area contributed by atoms with E-state index in [0.29, 0.717) is 29.4 Å². The van der Waals surface area contributed by atoms with Gasteiger partial charge in [0.05, 0.1) is 6.10 Å². The van der Waals surface area contributed by atoms with Crippen molar-refractivity contribution in [1.29, 1.82) is 0 Å². The van der Waals surface area contributed by atoms with Crippen molar-refractivity contribution < 1.29 is 5.11 Å². The second-order valence-electron chi connectivity index (χ2n) is 9.03. The summed E-state index contributed by atoms with van der Waals surface area (Å²) >= 11 is 0. The second kappa shape index (κ2) is 6.05. The topological polar surface area (TPSA) is 49.7 Å². The Kier molecular flexibility index (Phi) is 4.10. The Hall–Kier alpha value is -1.48. The van der Waals surface area contributed by atoms with E-state index < -0.39 is 0 Å². The SMILES string of the molecule is CC(C)/C=C1\CC2C3CCc4cc(N=O)ccc4C3CC[C@]2(C)[C@H]1O. The molecule has 134 valence electrons. The highest BCUT2D eigenvalue weighted by atomic mass is 16.3. The van der Waals surface area contributed by atoms with E-state index in [1.54, 1.807) is 0 Å². The van der Waals surface area contributed by atoms with Crippen molar-refractivity contribution in [3.8, 4) is 0 Å². The van der Waals surface area contributed by atoms with Crippen molar-refractivity contribution in [3.63, 3.8) is 0 Å². The first kappa shape index (κ1) is 17.0. The third-order valence-electron chi connectivity index (χ3n) is 7.23. The predicted molar refractivity (Wildman–Crippen MR) is 101 cm³/mol. The van der Waals surface area contributed by atoms with Crippen LogP contribution in [-0.2, 0) is 6.42 Å². The van der Waals surface area contributed by atoms with Crippen LogP contribution in [-0.4, -0.2) is 11.2 Å². The Morgan fingerprint density at radius 2 is 2.12 bits per heavy atom. The van der Waals surface area contributed by atoms with Crippen molar-refractivity contribution in [1.82, 2.24) is 0 Å². The number of nitrogens with zero attached hydrogens (tertiary/aromatic N) is 1. The molecule has 0 amide bonds.